The Kier molecular flexibility index (Phi) is 4.20. The Balaban J connectivity index is 2.08. The molecule has 0 unspecified atom stereocenters. The molecule has 1 heterocycles. The maximum absolute atomic E-state index is 11.7. The molecule has 8 heteroatoms. The van der Waals surface area contributed by atoms with Gasteiger partial charge in [-0.25, -0.2) is 9.67 Å². The van der Waals surface area contributed by atoms with Crippen molar-refractivity contribution < 1.29 is 14.5 Å². The molecule has 0 spiro atoms. The van der Waals surface area contributed by atoms with Crippen molar-refractivity contribution in [1.29, 1.82) is 0 Å². The summed E-state index contributed by atoms with van der Waals surface area (Å²) in [6, 6.07) is 5.88. The number of esters is 1. The van der Waals surface area contributed by atoms with Crippen molar-refractivity contribution in [3.05, 3.63) is 40.7 Å². The van der Waals surface area contributed by atoms with Crippen molar-refractivity contribution in [1.82, 2.24) is 14.8 Å². The van der Waals surface area contributed by atoms with Crippen LogP contribution in [0.25, 0.3) is 11.4 Å². The second-order valence-electron chi connectivity index (χ2n) is 5.66. The number of ether oxygens (including phenoxy) is 1. The molecule has 2 rings (SSSR count). The summed E-state index contributed by atoms with van der Waals surface area (Å²) in [5.41, 5.74) is 0.0734. The zero-order valence-corrected chi connectivity index (χ0v) is 12.5. The number of hydrogen-bond acceptors (Lipinski definition) is 6. The van der Waals surface area contributed by atoms with Gasteiger partial charge in [0.05, 0.1) is 4.92 Å². The maximum Gasteiger partial charge on any atom is 0.328 e. The molecule has 116 valence electrons. The van der Waals surface area contributed by atoms with E-state index in [1.54, 1.807) is 32.9 Å². The number of nitrogens with zero attached hydrogens (tertiary/aromatic N) is 4. The molecule has 0 radical (unpaired) electrons. The smallest absolute Gasteiger partial charge is 0.328 e. The van der Waals surface area contributed by atoms with Crippen molar-refractivity contribution in [3.63, 3.8) is 0 Å². The highest BCUT2D eigenvalue weighted by atomic mass is 16.6. The average Bonchev–Trinajstić information content (AvgIpc) is 2.85. The Hall–Kier alpha value is -2.77. The van der Waals surface area contributed by atoms with Crippen LogP contribution in [0.15, 0.2) is 30.6 Å². The molecule has 22 heavy (non-hydrogen) atoms. The van der Waals surface area contributed by atoms with E-state index in [1.165, 1.54) is 23.1 Å². The molecule has 1 aromatic carbocycles. The zero-order chi connectivity index (χ0) is 16.3. The van der Waals surface area contributed by atoms with Gasteiger partial charge in [0.1, 0.15) is 18.5 Å². The number of hydrogen-bond donors (Lipinski definition) is 0. The van der Waals surface area contributed by atoms with Crippen molar-refractivity contribution >= 4 is 11.7 Å². The lowest BCUT2D eigenvalue weighted by molar-refractivity contribution is -0.384. The fourth-order valence-electron chi connectivity index (χ4n) is 1.74. The van der Waals surface area contributed by atoms with E-state index >= 15 is 0 Å². The molecule has 2 aromatic rings. The van der Waals surface area contributed by atoms with Crippen LogP contribution in [0.4, 0.5) is 5.69 Å². The van der Waals surface area contributed by atoms with Gasteiger partial charge < -0.3 is 4.74 Å². The van der Waals surface area contributed by atoms with Crippen molar-refractivity contribution in [2.24, 2.45) is 0 Å². The SMILES string of the molecule is CC(C)(C)OC(=O)Cn1cnc(-c2ccc([N+](=O)[O-])cc2)n1. The summed E-state index contributed by atoms with van der Waals surface area (Å²) in [6.07, 6.45) is 1.42. The highest BCUT2D eigenvalue weighted by Gasteiger charge is 2.17. The first-order valence-electron chi connectivity index (χ1n) is 6.61. The molecule has 0 aliphatic rings. The molecule has 0 bridgehead atoms. The molecule has 0 saturated heterocycles. The fraction of sp³-hybridized carbons (Fsp3) is 0.357. The van der Waals surface area contributed by atoms with E-state index in [0.29, 0.717) is 11.4 Å². The predicted octanol–water partition coefficient (Wildman–Crippen LogP) is 2.20. The van der Waals surface area contributed by atoms with Gasteiger partial charge in [0.25, 0.3) is 5.69 Å². The first-order valence-corrected chi connectivity index (χ1v) is 6.61. The fourth-order valence-corrected chi connectivity index (χ4v) is 1.74. The van der Waals surface area contributed by atoms with E-state index in [9.17, 15) is 14.9 Å². The van der Waals surface area contributed by atoms with Gasteiger partial charge >= 0.3 is 5.97 Å². The largest absolute Gasteiger partial charge is 0.459 e. The minimum atomic E-state index is -0.557. The molecule has 0 atom stereocenters. The van der Waals surface area contributed by atoms with Crippen LogP contribution in [-0.4, -0.2) is 31.3 Å². The van der Waals surface area contributed by atoms with Gasteiger partial charge in [0.2, 0.25) is 0 Å². The van der Waals surface area contributed by atoms with Crippen molar-refractivity contribution in [2.75, 3.05) is 0 Å². The number of non-ortho nitro benzene ring substituents is 1. The first-order chi connectivity index (χ1) is 10.2. The Bertz CT molecular complexity index is 686. The van der Waals surface area contributed by atoms with Gasteiger partial charge in [-0.1, -0.05) is 0 Å². The van der Waals surface area contributed by atoms with E-state index < -0.39 is 16.5 Å². The van der Waals surface area contributed by atoms with E-state index in [1.807, 2.05) is 0 Å². The lowest BCUT2D eigenvalue weighted by Gasteiger charge is -2.19. The highest BCUT2D eigenvalue weighted by molar-refractivity contribution is 5.69. The third kappa shape index (κ3) is 4.11. The minimum Gasteiger partial charge on any atom is -0.459 e. The summed E-state index contributed by atoms with van der Waals surface area (Å²) in [6.45, 7) is 5.31. The summed E-state index contributed by atoms with van der Waals surface area (Å²) in [7, 11) is 0. The third-order valence-electron chi connectivity index (χ3n) is 2.58. The standard InChI is InChI=1S/C14H16N4O4/c1-14(2,3)22-12(19)8-17-9-15-13(16-17)10-4-6-11(7-5-10)18(20)21/h4-7,9H,8H2,1-3H3. The monoisotopic (exact) mass is 304 g/mol. The van der Waals surface area contributed by atoms with Crippen molar-refractivity contribution in [3.8, 4) is 11.4 Å². The minimum absolute atomic E-state index is 0.00284. The summed E-state index contributed by atoms with van der Waals surface area (Å²) in [5, 5.41) is 14.8. The summed E-state index contributed by atoms with van der Waals surface area (Å²) < 4.78 is 6.56. The normalized spacial score (nSPS) is 11.2. The molecule has 0 saturated carbocycles. The molecule has 0 aliphatic heterocycles. The number of carbonyl (C=O) groups excluding carboxylic acids is 1. The van der Waals surface area contributed by atoms with Crippen LogP contribution < -0.4 is 0 Å². The van der Waals surface area contributed by atoms with Crippen LogP contribution in [-0.2, 0) is 16.1 Å². The number of carbonyl (C=O) groups is 1. The first kappa shape index (κ1) is 15.6. The Morgan fingerprint density at radius 3 is 2.50 bits per heavy atom. The number of rotatable bonds is 4. The van der Waals surface area contributed by atoms with Crippen LogP contribution in [0.2, 0.25) is 0 Å². The van der Waals surface area contributed by atoms with Crippen LogP contribution in [0.1, 0.15) is 20.8 Å². The van der Waals surface area contributed by atoms with Gasteiger partial charge in [-0.3, -0.25) is 14.9 Å². The van der Waals surface area contributed by atoms with E-state index in [0.717, 1.165) is 0 Å². The molecule has 0 amide bonds. The Morgan fingerprint density at radius 2 is 1.95 bits per heavy atom. The lowest BCUT2D eigenvalue weighted by Crippen LogP contribution is -2.26. The molecular formula is C14H16N4O4. The molecule has 0 fully saturated rings. The number of nitro groups is 1. The second-order valence-corrected chi connectivity index (χ2v) is 5.66. The van der Waals surface area contributed by atoms with Gasteiger partial charge in [-0.2, -0.15) is 5.10 Å². The molecule has 8 nitrogen and oxygen atoms in total. The van der Waals surface area contributed by atoms with Crippen LogP contribution >= 0.6 is 0 Å². The topological polar surface area (TPSA) is 100 Å². The predicted molar refractivity (Wildman–Crippen MR) is 78.0 cm³/mol. The van der Waals surface area contributed by atoms with Gasteiger partial charge in [0, 0.05) is 17.7 Å². The molecule has 1 aromatic heterocycles. The Labute approximate surface area is 126 Å². The van der Waals surface area contributed by atoms with Crippen LogP contribution in [0.5, 0.6) is 0 Å². The summed E-state index contributed by atoms with van der Waals surface area (Å²) >= 11 is 0. The molecule has 0 aliphatic carbocycles. The molecular weight excluding hydrogens is 288 g/mol. The lowest BCUT2D eigenvalue weighted by atomic mass is 10.2. The van der Waals surface area contributed by atoms with Gasteiger partial charge in [0.15, 0.2) is 5.82 Å². The number of nitro benzene ring substituents is 1. The van der Waals surface area contributed by atoms with E-state index in [-0.39, 0.29) is 12.2 Å². The number of aromatic nitrogens is 3. The third-order valence-corrected chi connectivity index (χ3v) is 2.58. The van der Waals surface area contributed by atoms with Gasteiger partial charge in [-0.05, 0) is 32.9 Å². The quantitative estimate of drug-likeness (QED) is 0.487. The van der Waals surface area contributed by atoms with Crippen molar-refractivity contribution in [2.45, 2.75) is 32.9 Å². The second kappa shape index (κ2) is 5.92. The number of benzene rings is 1. The Morgan fingerprint density at radius 1 is 1.32 bits per heavy atom. The van der Waals surface area contributed by atoms with Crippen LogP contribution in [0.3, 0.4) is 0 Å². The maximum atomic E-state index is 11.7. The summed E-state index contributed by atoms with van der Waals surface area (Å²) in [5.74, 6) is -0.0221. The summed E-state index contributed by atoms with van der Waals surface area (Å²) in [4.78, 5) is 25.9. The highest BCUT2D eigenvalue weighted by Crippen LogP contribution is 2.19. The van der Waals surface area contributed by atoms with Gasteiger partial charge in [-0.15, -0.1) is 0 Å². The average molecular weight is 304 g/mol. The molecule has 0 N–H and O–H groups in total. The zero-order valence-electron chi connectivity index (χ0n) is 12.5. The van der Waals surface area contributed by atoms with Crippen LogP contribution in [0, 0.1) is 10.1 Å². The van der Waals surface area contributed by atoms with E-state index in [4.69, 9.17) is 4.74 Å². The van der Waals surface area contributed by atoms with E-state index in [2.05, 4.69) is 10.1 Å².